The summed E-state index contributed by atoms with van der Waals surface area (Å²) in [6.45, 7) is 3.94. The summed E-state index contributed by atoms with van der Waals surface area (Å²) in [6, 6.07) is 10.4. The van der Waals surface area contributed by atoms with E-state index >= 15 is 0 Å². The summed E-state index contributed by atoms with van der Waals surface area (Å²) in [5, 5.41) is 0. The fraction of sp³-hybridized carbons (Fsp3) is 0.588. The Kier molecular flexibility index (Phi) is 8.71. The fourth-order valence-electron chi connectivity index (χ4n) is 2.19. The third-order valence-electron chi connectivity index (χ3n) is 3.47. The first-order chi connectivity index (χ1) is 10.1. The van der Waals surface area contributed by atoms with E-state index in [0.717, 1.165) is 25.8 Å². The summed E-state index contributed by atoms with van der Waals surface area (Å²) >= 11 is 0. The van der Waals surface area contributed by atoms with Gasteiger partial charge in [0.25, 0.3) is 0 Å². The predicted octanol–water partition coefficient (Wildman–Crippen LogP) is 2.22. The third kappa shape index (κ3) is 7.83. The van der Waals surface area contributed by atoms with Crippen molar-refractivity contribution in [3.8, 4) is 0 Å². The maximum absolute atomic E-state index is 12.2. The zero-order valence-corrected chi connectivity index (χ0v) is 13.3. The molecule has 4 nitrogen and oxygen atoms in total. The van der Waals surface area contributed by atoms with E-state index in [-0.39, 0.29) is 11.9 Å². The van der Waals surface area contributed by atoms with Gasteiger partial charge in [-0.3, -0.25) is 4.79 Å². The number of amides is 1. The molecule has 4 heteroatoms. The maximum Gasteiger partial charge on any atom is 0.222 e. The highest BCUT2D eigenvalue weighted by Gasteiger charge is 2.13. The topological polar surface area (TPSA) is 55.6 Å². The molecule has 0 aromatic heterocycles. The van der Waals surface area contributed by atoms with Crippen LogP contribution in [0, 0.1) is 0 Å². The van der Waals surface area contributed by atoms with E-state index in [1.54, 1.807) is 7.11 Å². The molecule has 118 valence electrons. The number of nitrogens with two attached hydrogens (primary N) is 1. The van der Waals surface area contributed by atoms with Crippen molar-refractivity contribution in [1.29, 1.82) is 0 Å². The second kappa shape index (κ2) is 10.4. The molecule has 0 saturated heterocycles. The summed E-state index contributed by atoms with van der Waals surface area (Å²) in [7, 11) is 1.66. The lowest BCUT2D eigenvalue weighted by Crippen LogP contribution is -2.35. The van der Waals surface area contributed by atoms with Gasteiger partial charge < -0.3 is 15.4 Å². The molecular weight excluding hydrogens is 264 g/mol. The monoisotopic (exact) mass is 292 g/mol. The summed E-state index contributed by atoms with van der Waals surface area (Å²) in [6.07, 6.45) is 3.22. The Balaban J connectivity index is 2.39. The Bertz CT molecular complexity index is 393. The van der Waals surface area contributed by atoms with Gasteiger partial charge in [-0.1, -0.05) is 30.3 Å². The van der Waals surface area contributed by atoms with Crippen molar-refractivity contribution in [3.63, 3.8) is 0 Å². The van der Waals surface area contributed by atoms with Gasteiger partial charge in [-0.25, -0.2) is 0 Å². The summed E-state index contributed by atoms with van der Waals surface area (Å²) < 4.78 is 5.09. The largest absolute Gasteiger partial charge is 0.383 e. The van der Waals surface area contributed by atoms with Crippen LogP contribution in [0.2, 0.25) is 0 Å². The lowest BCUT2D eigenvalue weighted by Gasteiger charge is -2.23. The van der Waals surface area contributed by atoms with Crippen LogP contribution in [0.4, 0.5) is 0 Å². The minimum Gasteiger partial charge on any atom is -0.383 e. The molecular formula is C17H28N2O2. The Morgan fingerprint density at radius 2 is 2.00 bits per heavy atom. The lowest BCUT2D eigenvalue weighted by atomic mass is 10.1. The Morgan fingerprint density at radius 1 is 1.29 bits per heavy atom. The average molecular weight is 292 g/mol. The van der Waals surface area contributed by atoms with E-state index in [1.807, 2.05) is 30.0 Å². The minimum absolute atomic E-state index is 0.0718. The van der Waals surface area contributed by atoms with Crippen molar-refractivity contribution >= 4 is 5.91 Å². The third-order valence-corrected chi connectivity index (χ3v) is 3.47. The van der Waals surface area contributed by atoms with Crippen molar-refractivity contribution in [3.05, 3.63) is 35.9 Å². The first kappa shape index (κ1) is 17.7. The first-order valence-corrected chi connectivity index (χ1v) is 7.69. The number of rotatable bonds is 10. The molecule has 0 aliphatic rings. The number of nitrogens with zero attached hydrogens (tertiary/aromatic N) is 1. The summed E-state index contributed by atoms with van der Waals surface area (Å²) in [5.41, 5.74) is 7.03. The second-order valence-corrected chi connectivity index (χ2v) is 5.48. The lowest BCUT2D eigenvalue weighted by molar-refractivity contribution is -0.132. The number of ether oxygens (including phenoxy) is 1. The molecule has 21 heavy (non-hydrogen) atoms. The molecule has 0 heterocycles. The van der Waals surface area contributed by atoms with E-state index in [4.69, 9.17) is 10.5 Å². The molecule has 0 saturated carbocycles. The number of hydrogen-bond donors (Lipinski definition) is 1. The first-order valence-electron chi connectivity index (χ1n) is 7.69. The summed E-state index contributed by atoms with van der Waals surface area (Å²) in [5.74, 6) is 0.178. The zero-order chi connectivity index (χ0) is 15.5. The van der Waals surface area contributed by atoms with Gasteiger partial charge in [0.05, 0.1) is 6.61 Å². The zero-order valence-electron chi connectivity index (χ0n) is 13.3. The number of aryl methyl sites for hydroxylation is 1. The molecule has 1 rings (SSSR count). The highest BCUT2D eigenvalue weighted by atomic mass is 16.5. The molecule has 1 aromatic rings. The molecule has 1 amide bonds. The van der Waals surface area contributed by atoms with Crippen LogP contribution in [0.15, 0.2) is 30.3 Å². The van der Waals surface area contributed by atoms with Crippen LogP contribution in [-0.2, 0) is 16.0 Å². The molecule has 0 spiro atoms. The standard InChI is InChI=1S/C17H28N2O2/c1-15(18)10-11-17(20)19(13-14-21-2)12-6-9-16-7-4-3-5-8-16/h3-5,7-8,15H,6,9-14,18H2,1-2H3. The van der Waals surface area contributed by atoms with E-state index in [0.29, 0.717) is 19.6 Å². The van der Waals surface area contributed by atoms with Crippen molar-refractivity contribution in [2.75, 3.05) is 26.8 Å². The van der Waals surface area contributed by atoms with Gasteiger partial charge in [0.1, 0.15) is 0 Å². The van der Waals surface area contributed by atoms with Gasteiger partial charge >= 0.3 is 0 Å². The molecule has 2 N–H and O–H groups in total. The van der Waals surface area contributed by atoms with Crippen molar-refractivity contribution in [2.45, 2.75) is 38.6 Å². The van der Waals surface area contributed by atoms with Gasteiger partial charge in [0, 0.05) is 32.7 Å². The van der Waals surface area contributed by atoms with Crippen LogP contribution in [-0.4, -0.2) is 43.7 Å². The van der Waals surface area contributed by atoms with Crippen LogP contribution in [0.3, 0.4) is 0 Å². The second-order valence-electron chi connectivity index (χ2n) is 5.48. The van der Waals surface area contributed by atoms with Crippen molar-refractivity contribution in [2.24, 2.45) is 5.73 Å². The van der Waals surface area contributed by atoms with E-state index in [9.17, 15) is 4.79 Å². The average Bonchev–Trinajstić information content (AvgIpc) is 2.49. The summed E-state index contributed by atoms with van der Waals surface area (Å²) in [4.78, 5) is 14.1. The van der Waals surface area contributed by atoms with Gasteiger partial charge in [-0.2, -0.15) is 0 Å². The molecule has 0 aliphatic carbocycles. The molecule has 1 atom stereocenters. The van der Waals surface area contributed by atoms with Gasteiger partial charge in [0.2, 0.25) is 5.91 Å². The van der Waals surface area contributed by atoms with E-state index in [2.05, 4.69) is 12.1 Å². The van der Waals surface area contributed by atoms with Crippen LogP contribution in [0.5, 0.6) is 0 Å². The van der Waals surface area contributed by atoms with Crippen LogP contribution >= 0.6 is 0 Å². The number of methoxy groups -OCH3 is 1. The number of benzene rings is 1. The fourth-order valence-corrected chi connectivity index (χ4v) is 2.19. The van der Waals surface area contributed by atoms with Gasteiger partial charge in [0.15, 0.2) is 0 Å². The smallest absolute Gasteiger partial charge is 0.222 e. The van der Waals surface area contributed by atoms with Gasteiger partial charge in [-0.05, 0) is 31.7 Å². The van der Waals surface area contributed by atoms with Crippen molar-refractivity contribution < 1.29 is 9.53 Å². The molecule has 0 fully saturated rings. The predicted molar refractivity (Wildman–Crippen MR) is 86.1 cm³/mol. The molecule has 0 radical (unpaired) electrons. The maximum atomic E-state index is 12.2. The highest BCUT2D eigenvalue weighted by Crippen LogP contribution is 2.06. The molecule has 1 unspecified atom stereocenters. The van der Waals surface area contributed by atoms with Crippen LogP contribution < -0.4 is 5.73 Å². The Labute approximate surface area is 128 Å². The van der Waals surface area contributed by atoms with E-state index in [1.165, 1.54) is 5.56 Å². The Hall–Kier alpha value is -1.39. The van der Waals surface area contributed by atoms with Gasteiger partial charge in [-0.15, -0.1) is 0 Å². The minimum atomic E-state index is 0.0718. The number of hydrogen-bond acceptors (Lipinski definition) is 3. The van der Waals surface area contributed by atoms with E-state index < -0.39 is 0 Å². The SMILES string of the molecule is COCCN(CCCc1ccccc1)C(=O)CCC(C)N. The number of carbonyl (C=O) groups excluding carboxylic acids is 1. The number of carbonyl (C=O) groups is 1. The molecule has 0 aliphatic heterocycles. The Morgan fingerprint density at radius 3 is 2.62 bits per heavy atom. The van der Waals surface area contributed by atoms with Crippen LogP contribution in [0.1, 0.15) is 31.7 Å². The highest BCUT2D eigenvalue weighted by molar-refractivity contribution is 5.76. The quantitative estimate of drug-likeness (QED) is 0.719. The van der Waals surface area contributed by atoms with Crippen molar-refractivity contribution in [1.82, 2.24) is 4.90 Å². The van der Waals surface area contributed by atoms with Crippen LogP contribution in [0.25, 0.3) is 0 Å². The molecule has 0 bridgehead atoms. The normalized spacial score (nSPS) is 12.1. The molecule has 1 aromatic carbocycles.